The first-order chi connectivity index (χ1) is 12.5. The molecule has 0 bridgehead atoms. The monoisotopic (exact) mass is 346 g/mol. The van der Waals surface area contributed by atoms with Gasteiger partial charge in [-0.3, -0.25) is 9.59 Å². The fourth-order valence-corrected chi connectivity index (χ4v) is 2.29. The van der Waals surface area contributed by atoms with Crippen LogP contribution in [0, 0.1) is 6.92 Å². The minimum atomic E-state index is -0.352. The lowest BCUT2D eigenvalue weighted by Gasteiger charge is -2.08. The highest BCUT2D eigenvalue weighted by atomic mass is 16.2. The maximum Gasteiger partial charge on any atom is 0.274 e. The van der Waals surface area contributed by atoms with Crippen molar-refractivity contribution in [3.05, 3.63) is 77.6 Å². The van der Waals surface area contributed by atoms with Crippen LogP contribution in [-0.4, -0.2) is 21.7 Å². The summed E-state index contributed by atoms with van der Waals surface area (Å²) in [6, 6.07) is 16.0. The molecule has 2 N–H and O–H groups in total. The van der Waals surface area contributed by atoms with Crippen LogP contribution in [0.15, 0.2) is 60.8 Å². The van der Waals surface area contributed by atoms with Crippen LogP contribution in [0.4, 0.5) is 17.3 Å². The molecule has 1 amide bonds. The number of carbonyl (C=O) groups excluding carboxylic acids is 2. The van der Waals surface area contributed by atoms with Gasteiger partial charge in [0.15, 0.2) is 5.78 Å². The van der Waals surface area contributed by atoms with Gasteiger partial charge >= 0.3 is 0 Å². The van der Waals surface area contributed by atoms with E-state index in [-0.39, 0.29) is 17.4 Å². The van der Waals surface area contributed by atoms with Gasteiger partial charge in [0.05, 0.1) is 0 Å². The summed E-state index contributed by atoms with van der Waals surface area (Å²) >= 11 is 0. The van der Waals surface area contributed by atoms with Crippen LogP contribution in [0.1, 0.15) is 33.3 Å². The van der Waals surface area contributed by atoms with Crippen molar-refractivity contribution in [1.82, 2.24) is 9.97 Å². The zero-order valence-electron chi connectivity index (χ0n) is 14.5. The van der Waals surface area contributed by atoms with Crippen LogP contribution >= 0.6 is 0 Å². The number of hydrogen-bond donors (Lipinski definition) is 2. The molecule has 1 heterocycles. The fourth-order valence-electron chi connectivity index (χ4n) is 2.29. The summed E-state index contributed by atoms with van der Waals surface area (Å²) in [7, 11) is 0. The summed E-state index contributed by atoms with van der Waals surface area (Å²) in [5, 5.41) is 5.83. The van der Waals surface area contributed by atoms with Crippen LogP contribution < -0.4 is 10.6 Å². The molecule has 0 aliphatic carbocycles. The highest BCUT2D eigenvalue weighted by Gasteiger charge is 2.10. The second-order valence-electron chi connectivity index (χ2n) is 5.84. The third kappa shape index (κ3) is 4.30. The van der Waals surface area contributed by atoms with Gasteiger partial charge in [0.2, 0.25) is 5.95 Å². The number of nitrogens with one attached hydrogen (secondary N) is 2. The van der Waals surface area contributed by atoms with Crippen molar-refractivity contribution in [2.75, 3.05) is 10.6 Å². The molecule has 0 fully saturated rings. The Kier molecular flexibility index (Phi) is 5.03. The van der Waals surface area contributed by atoms with Crippen molar-refractivity contribution < 1.29 is 9.59 Å². The zero-order chi connectivity index (χ0) is 18.5. The highest BCUT2D eigenvalue weighted by molar-refractivity contribution is 6.03. The summed E-state index contributed by atoms with van der Waals surface area (Å²) in [6.07, 6.45) is 1.53. The van der Waals surface area contributed by atoms with E-state index in [4.69, 9.17) is 0 Å². The van der Waals surface area contributed by atoms with Crippen molar-refractivity contribution in [3.63, 3.8) is 0 Å². The Morgan fingerprint density at radius 3 is 2.19 bits per heavy atom. The van der Waals surface area contributed by atoms with E-state index in [0.717, 1.165) is 11.3 Å². The molecular weight excluding hydrogens is 328 g/mol. The van der Waals surface area contributed by atoms with Crippen LogP contribution in [0.25, 0.3) is 0 Å². The number of carbonyl (C=O) groups is 2. The molecule has 3 aromatic rings. The third-order valence-corrected chi connectivity index (χ3v) is 3.75. The normalized spacial score (nSPS) is 10.2. The number of hydrogen-bond acceptors (Lipinski definition) is 5. The van der Waals surface area contributed by atoms with Gasteiger partial charge < -0.3 is 10.6 Å². The van der Waals surface area contributed by atoms with Gasteiger partial charge in [-0.2, -0.15) is 0 Å². The SMILES string of the molecule is CC(=O)c1ccc(NC(=O)c2ccnc(Nc3ccc(C)cc3)n2)cc1. The topological polar surface area (TPSA) is 84.0 Å². The molecule has 0 aliphatic heterocycles. The van der Waals surface area contributed by atoms with E-state index in [1.165, 1.54) is 13.1 Å². The largest absolute Gasteiger partial charge is 0.324 e. The molecule has 0 atom stereocenters. The summed E-state index contributed by atoms with van der Waals surface area (Å²) < 4.78 is 0. The third-order valence-electron chi connectivity index (χ3n) is 3.75. The first-order valence-electron chi connectivity index (χ1n) is 8.10. The van der Waals surface area contributed by atoms with Gasteiger partial charge in [-0.25, -0.2) is 9.97 Å². The summed E-state index contributed by atoms with van der Waals surface area (Å²) in [5.41, 5.74) is 3.42. The number of ketones is 1. The standard InChI is InChI=1S/C20H18N4O2/c1-13-3-7-17(8-4-13)23-20-21-12-11-18(24-20)19(26)22-16-9-5-15(6-10-16)14(2)25/h3-12H,1-2H3,(H,22,26)(H,21,23,24). The zero-order valence-corrected chi connectivity index (χ0v) is 14.5. The second-order valence-corrected chi connectivity index (χ2v) is 5.84. The number of aryl methyl sites for hydroxylation is 1. The lowest BCUT2D eigenvalue weighted by molar-refractivity contribution is 0.101. The maximum absolute atomic E-state index is 12.4. The van der Waals surface area contributed by atoms with Gasteiger partial charge in [-0.05, 0) is 56.3 Å². The first kappa shape index (κ1) is 17.3. The molecular formula is C20H18N4O2. The number of nitrogens with zero attached hydrogens (tertiary/aromatic N) is 2. The van der Waals surface area contributed by atoms with Crippen LogP contribution in [0.3, 0.4) is 0 Å². The number of rotatable bonds is 5. The number of benzene rings is 2. The van der Waals surface area contributed by atoms with E-state index in [1.807, 2.05) is 31.2 Å². The van der Waals surface area contributed by atoms with E-state index in [9.17, 15) is 9.59 Å². The van der Waals surface area contributed by atoms with E-state index in [0.29, 0.717) is 17.2 Å². The molecule has 0 spiro atoms. The van der Waals surface area contributed by atoms with Crippen molar-refractivity contribution in [1.29, 1.82) is 0 Å². The Bertz CT molecular complexity index is 935. The lowest BCUT2D eigenvalue weighted by Crippen LogP contribution is -2.14. The molecule has 6 nitrogen and oxygen atoms in total. The average Bonchev–Trinajstić information content (AvgIpc) is 2.64. The molecule has 0 aliphatic rings. The molecule has 3 rings (SSSR count). The molecule has 130 valence electrons. The molecule has 0 radical (unpaired) electrons. The summed E-state index contributed by atoms with van der Waals surface area (Å²) in [6.45, 7) is 3.51. The predicted molar refractivity (Wildman–Crippen MR) is 101 cm³/mol. The Labute approximate surface area is 151 Å². The minimum Gasteiger partial charge on any atom is -0.324 e. The molecule has 6 heteroatoms. The van der Waals surface area contributed by atoms with Crippen LogP contribution in [-0.2, 0) is 0 Å². The Balaban J connectivity index is 1.71. The highest BCUT2D eigenvalue weighted by Crippen LogP contribution is 2.15. The molecule has 0 saturated carbocycles. The van der Waals surface area contributed by atoms with Crippen LogP contribution in [0.2, 0.25) is 0 Å². The Hall–Kier alpha value is -3.54. The summed E-state index contributed by atoms with van der Waals surface area (Å²) in [4.78, 5) is 32.1. The molecule has 2 aromatic carbocycles. The van der Waals surface area contributed by atoms with Crippen molar-refractivity contribution in [3.8, 4) is 0 Å². The van der Waals surface area contributed by atoms with Crippen molar-refractivity contribution in [2.24, 2.45) is 0 Å². The van der Waals surface area contributed by atoms with E-state index in [2.05, 4.69) is 20.6 Å². The van der Waals surface area contributed by atoms with Gasteiger partial charge in [0.25, 0.3) is 5.91 Å². The quantitative estimate of drug-likeness (QED) is 0.683. The van der Waals surface area contributed by atoms with E-state index in [1.54, 1.807) is 30.3 Å². The molecule has 26 heavy (non-hydrogen) atoms. The van der Waals surface area contributed by atoms with Gasteiger partial charge in [0, 0.05) is 23.1 Å². The molecule has 0 unspecified atom stereocenters. The average molecular weight is 346 g/mol. The fraction of sp³-hybridized carbons (Fsp3) is 0.100. The first-order valence-corrected chi connectivity index (χ1v) is 8.10. The predicted octanol–water partition coefficient (Wildman–Crippen LogP) is 3.98. The second kappa shape index (κ2) is 7.57. The minimum absolute atomic E-state index is 0.0227. The van der Waals surface area contributed by atoms with Gasteiger partial charge in [-0.1, -0.05) is 17.7 Å². The maximum atomic E-state index is 12.4. The number of Topliss-reactive ketones (excluding diaryl/α,β-unsaturated/α-hetero) is 1. The van der Waals surface area contributed by atoms with Gasteiger partial charge in [-0.15, -0.1) is 0 Å². The lowest BCUT2D eigenvalue weighted by atomic mass is 10.1. The van der Waals surface area contributed by atoms with E-state index >= 15 is 0 Å². The number of amides is 1. The van der Waals surface area contributed by atoms with Crippen molar-refractivity contribution >= 4 is 29.0 Å². The van der Waals surface area contributed by atoms with Crippen molar-refractivity contribution in [2.45, 2.75) is 13.8 Å². The smallest absolute Gasteiger partial charge is 0.274 e. The summed E-state index contributed by atoms with van der Waals surface area (Å²) in [5.74, 6) is -0.0335. The van der Waals surface area contributed by atoms with Gasteiger partial charge in [0.1, 0.15) is 5.69 Å². The molecule has 1 aromatic heterocycles. The molecule has 0 saturated heterocycles. The van der Waals surface area contributed by atoms with Crippen LogP contribution in [0.5, 0.6) is 0 Å². The Morgan fingerprint density at radius 1 is 0.885 bits per heavy atom. The number of aromatic nitrogens is 2. The number of anilines is 3. The Morgan fingerprint density at radius 2 is 1.54 bits per heavy atom. The van der Waals surface area contributed by atoms with E-state index < -0.39 is 0 Å².